The summed E-state index contributed by atoms with van der Waals surface area (Å²) in [6.45, 7) is 0. The Morgan fingerprint density at radius 2 is 1.75 bits per heavy atom. The molecule has 0 saturated carbocycles. The number of benzene rings is 2. The highest BCUT2D eigenvalue weighted by Gasteiger charge is 2.23. The molecule has 0 bridgehead atoms. The second-order valence-electron chi connectivity index (χ2n) is 5.77. The van der Waals surface area contributed by atoms with Gasteiger partial charge in [-0.1, -0.05) is 52.3 Å². The van der Waals surface area contributed by atoms with Gasteiger partial charge in [-0.3, -0.25) is 0 Å². The summed E-state index contributed by atoms with van der Waals surface area (Å²) in [5, 5.41) is 0. The van der Waals surface area contributed by atoms with Gasteiger partial charge in [0.05, 0.1) is 0 Å². The molecule has 3 rings (SSSR count). The van der Waals surface area contributed by atoms with Gasteiger partial charge in [-0.15, -0.1) is 0 Å². The summed E-state index contributed by atoms with van der Waals surface area (Å²) in [5.41, 5.74) is 10.8. The van der Waals surface area contributed by atoms with Crippen molar-refractivity contribution >= 4 is 15.9 Å². The first-order chi connectivity index (χ1) is 9.72. The monoisotopic (exact) mass is 329 g/mol. The number of hydrogen-bond donors (Lipinski definition) is 1. The summed E-state index contributed by atoms with van der Waals surface area (Å²) in [6, 6.07) is 17.6. The highest BCUT2D eigenvalue weighted by atomic mass is 79.9. The Balaban J connectivity index is 1.67. The second kappa shape index (κ2) is 6.11. The van der Waals surface area contributed by atoms with Crippen LogP contribution in [0.25, 0.3) is 0 Å². The maximum absolute atomic E-state index is 6.46. The third kappa shape index (κ3) is 3.13. The number of hydrogen-bond acceptors (Lipinski definition) is 1. The van der Waals surface area contributed by atoms with Gasteiger partial charge in [-0.05, 0) is 60.4 Å². The molecule has 0 saturated heterocycles. The van der Waals surface area contributed by atoms with E-state index in [2.05, 4.69) is 64.5 Å². The van der Waals surface area contributed by atoms with E-state index in [4.69, 9.17) is 5.73 Å². The molecular weight excluding hydrogens is 310 g/mol. The molecule has 0 aliphatic heterocycles. The minimum Gasteiger partial charge on any atom is -0.327 e. The molecule has 0 fully saturated rings. The number of rotatable bonds is 3. The molecule has 2 unspecified atom stereocenters. The van der Waals surface area contributed by atoms with E-state index in [-0.39, 0.29) is 6.04 Å². The Kier molecular flexibility index (Phi) is 4.23. The van der Waals surface area contributed by atoms with Crippen LogP contribution in [0.3, 0.4) is 0 Å². The van der Waals surface area contributed by atoms with Crippen LogP contribution in [0.2, 0.25) is 0 Å². The van der Waals surface area contributed by atoms with Crippen molar-refractivity contribution in [2.24, 2.45) is 11.7 Å². The maximum Gasteiger partial charge on any atom is 0.0175 e. The van der Waals surface area contributed by atoms with Crippen molar-refractivity contribution in [2.75, 3.05) is 0 Å². The van der Waals surface area contributed by atoms with E-state index >= 15 is 0 Å². The average molecular weight is 330 g/mol. The molecule has 0 spiro atoms. The van der Waals surface area contributed by atoms with Gasteiger partial charge in [-0.2, -0.15) is 0 Å². The molecule has 1 aliphatic rings. The molecule has 2 N–H and O–H groups in total. The number of halogens is 1. The molecule has 2 aromatic rings. The summed E-state index contributed by atoms with van der Waals surface area (Å²) >= 11 is 3.48. The lowest BCUT2D eigenvalue weighted by molar-refractivity contribution is 0.372. The summed E-state index contributed by atoms with van der Waals surface area (Å²) in [5.74, 6) is 0.605. The highest BCUT2D eigenvalue weighted by molar-refractivity contribution is 9.10. The largest absolute Gasteiger partial charge is 0.327 e. The Labute approximate surface area is 129 Å². The Hall–Kier alpha value is -1.12. The van der Waals surface area contributed by atoms with E-state index in [0.717, 1.165) is 17.3 Å². The van der Waals surface area contributed by atoms with Crippen LogP contribution in [0.5, 0.6) is 0 Å². The Morgan fingerprint density at radius 3 is 2.50 bits per heavy atom. The van der Waals surface area contributed by atoms with Gasteiger partial charge in [0.1, 0.15) is 0 Å². The van der Waals surface area contributed by atoms with Gasteiger partial charge >= 0.3 is 0 Å². The van der Waals surface area contributed by atoms with Crippen molar-refractivity contribution in [2.45, 2.75) is 31.7 Å². The molecule has 2 aromatic carbocycles. The number of aryl methyl sites for hydroxylation is 1. The van der Waals surface area contributed by atoms with Gasteiger partial charge in [0.15, 0.2) is 0 Å². The standard InChI is InChI=1S/C18H20BrN/c19-17-9-5-13(6-10-17)11-18(20)16-8-7-14-3-1-2-4-15(14)12-16/h1-6,9-10,16,18H,7-8,11-12,20H2. The van der Waals surface area contributed by atoms with Gasteiger partial charge in [0.2, 0.25) is 0 Å². The molecule has 0 radical (unpaired) electrons. The summed E-state index contributed by atoms with van der Waals surface area (Å²) < 4.78 is 1.13. The van der Waals surface area contributed by atoms with Crippen molar-refractivity contribution in [3.63, 3.8) is 0 Å². The summed E-state index contributed by atoms with van der Waals surface area (Å²) in [7, 11) is 0. The smallest absolute Gasteiger partial charge is 0.0175 e. The van der Waals surface area contributed by atoms with E-state index in [1.165, 1.54) is 29.5 Å². The van der Waals surface area contributed by atoms with Crippen LogP contribution in [-0.2, 0) is 19.3 Å². The summed E-state index contributed by atoms with van der Waals surface area (Å²) in [4.78, 5) is 0. The van der Waals surface area contributed by atoms with Crippen molar-refractivity contribution in [3.05, 3.63) is 69.7 Å². The molecule has 0 aromatic heterocycles. The van der Waals surface area contributed by atoms with Crippen LogP contribution in [-0.4, -0.2) is 6.04 Å². The quantitative estimate of drug-likeness (QED) is 0.900. The lowest BCUT2D eigenvalue weighted by atomic mass is 9.79. The molecule has 2 heteroatoms. The predicted octanol–water partition coefficient (Wildman–Crippen LogP) is 4.12. The van der Waals surface area contributed by atoms with Crippen LogP contribution in [0.4, 0.5) is 0 Å². The number of nitrogens with two attached hydrogens (primary N) is 1. The first-order valence-corrected chi connectivity index (χ1v) is 8.08. The first kappa shape index (κ1) is 13.8. The third-order valence-corrected chi connectivity index (χ3v) is 4.90. The predicted molar refractivity (Wildman–Crippen MR) is 87.8 cm³/mol. The Bertz CT molecular complexity index is 576. The molecular formula is C18H20BrN. The van der Waals surface area contributed by atoms with E-state index in [1.54, 1.807) is 0 Å². The lowest BCUT2D eigenvalue weighted by Crippen LogP contribution is -2.35. The van der Waals surface area contributed by atoms with Crippen molar-refractivity contribution in [3.8, 4) is 0 Å². The maximum atomic E-state index is 6.46. The minimum absolute atomic E-state index is 0.254. The van der Waals surface area contributed by atoms with Gasteiger partial charge in [0, 0.05) is 10.5 Å². The minimum atomic E-state index is 0.254. The van der Waals surface area contributed by atoms with Gasteiger partial charge in [0.25, 0.3) is 0 Å². The molecule has 0 amide bonds. The van der Waals surface area contributed by atoms with Gasteiger partial charge in [-0.25, -0.2) is 0 Å². The van der Waals surface area contributed by atoms with E-state index in [0.29, 0.717) is 5.92 Å². The topological polar surface area (TPSA) is 26.0 Å². The Morgan fingerprint density at radius 1 is 1.05 bits per heavy atom. The van der Waals surface area contributed by atoms with E-state index in [9.17, 15) is 0 Å². The van der Waals surface area contributed by atoms with Crippen LogP contribution >= 0.6 is 15.9 Å². The van der Waals surface area contributed by atoms with E-state index in [1.807, 2.05) is 0 Å². The fraction of sp³-hybridized carbons (Fsp3) is 0.333. The van der Waals surface area contributed by atoms with Crippen molar-refractivity contribution in [1.29, 1.82) is 0 Å². The fourth-order valence-electron chi connectivity index (χ4n) is 3.15. The summed E-state index contributed by atoms with van der Waals surface area (Å²) in [6.07, 6.45) is 4.50. The van der Waals surface area contributed by atoms with E-state index < -0.39 is 0 Å². The fourth-order valence-corrected chi connectivity index (χ4v) is 3.42. The van der Waals surface area contributed by atoms with Crippen LogP contribution in [0.15, 0.2) is 53.0 Å². The molecule has 1 nitrogen and oxygen atoms in total. The number of fused-ring (bicyclic) bond motifs is 1. The molecule has 2 atom stereocenters. The zero-order valence-corrected chi connectivity index (χ0v) is 13.1. The average Bonchev–Trinajstić information content (AvgIpc) is 2.49. The third-order valence-electron chi connectivity index (χ3n) is 4.38. The van der Waals surface area contributed by atoms with Crippen molar-refractivity contribution < 1.29 is 0 Å². The molecule has 1 aliphatic carbocycles. The SMILES string of the molecule is NC(Cc1ccc(Br)cc1)C1CCc2ccccc2C1. The molecule has 0 heterocycles. The zero-order valence-electron chi connectivity index (χ0n) is 11.6. The van der Waals surface area contributed by atoms with Crippen LogP contribution in [0, 0.1) is 5.92 Å². The molecule has 20 heavy (non-hydrogen) atoms. The lowest BCUT2D eigenvalue weighted by Gasteiger charge is -2.29. The second-order valence-corrected chi connectivity index (χ2v) is 6.68. The zero-order chi connectivity index (χ0) is 13.9. The van der Waals surface area contributed by atoms with Crippen molar-refractivity contribution in [1.82, 2.24) is 0 Å². The molecule has 104 valence electrons. The van der Waals surface area contributed by atoms with Crippen LogP contribution < -0.4 is 5.73 Å². The normalized spacial score (nSPS) is 19.4. The van der Waals surface area contributed by atoms with Gasteiger partial charge < -0.3 is 5.73 Å². The van der Waals surface area contributed by atoms with Crippen LogP contribution in [0.1, 0.15) is 23.1 Å². The first-order valence-electron chi connectivity index (χ1n) is 7.29. The highest BCUT2D eigenvalue weighted by Crippen LogP contribution is 2.28.